The Hall–Kier alpha value is -2.00. The lowest BCUT2D eigenvalue weighted by atomic mass is 10.2. The van der Waals surface area contributed by atoms with Gasteiger partial charge in [0.2, 0.25) is 10.0 Å². The molecule has 9 heteroatoms. The highest BCUT2D eigenvalue weighted by molar-refractivity contribution is 7.89. The molecule has 0 spiro atoms. The smallest absolute Gasteiger partial charge is 0.338 e. The molecule has 0 aromatic heterocycles. The van der Waals surface area contributed by atoms with E-state index in [1.807, 2.05) is 0 Å². The molecular weight excluding hydrogens is 327 g/mol. The first-order valence-corrected chi connectivity index (χ1v) is 8.39. The fraction of sp³-hybridized carbons (Fsp3) is 0.429. The number of hydrogen-bond donors (Lipinski definition) is 1. The Bertz CT molecular complexity index is 686. The molecule has 0 radical (unpaired) electrons. The van der Waals surface area contributed by atoms with E-state index in [1.54, 1.807) is 13.8 Å². The number of carbonyl (C=O) groups excluding carboxylic acids is 2. The van der Waals surface area contributed by atoms with E-state index in [0.29, 0.717) is 0 Å². The highest BCUT2D eigenvalue weighted by atomic mass is 32.2. The molecule has 0 bridgehead atoms. The molecule has 0 unspecified atom stereocenters. The largest absolute Gasteiger partial charge is 0.452 e. The van der Waals surface area contributed by atoms with Crippen molar-refractivity contribution in [3.8, 4) is 0 Å². The molecule has 0 saturated heterocycles. The molecule has 1 aromatic carbocycles. The lowest BCUT2D eigenvalue weighted by Gasteiger charge is -2.19. The van der Waals surface area contributed by atoms with Crippen LogP contribution in [0.2, 0.25) is 0 Å². The van der Waals surface area contributed by atoms with Crippen molar-refractivity contribution in [2.45, 2.75) is 18.7 Å². The summed E-state index contributed by atoms with van der Waals surface area (Å²) < 4.78 is 44.4. The van der Waals surface area contributed by atoms with Crippen LogP contribution in [0.15, 0.2) is 23.1 Å². The minimum absolute atomic E-state index is 0.152. The van der Waals surface area contributed by atoms with E-state index < -0.39 is 39.2 Å². The predicted molar refractivity (Wildman–Crippen MR) is 80.9 cm³/mol. The second-order valence-corrected chi connectivity index (χ2v) is 6.39. The third-order valence-corrected chi connectivity index (χ3v) is 5.17. The molecule has 1 rings (SSSR count). The summed E-state index contributed by atoms with van der Waals surface area (Å²) in [7, 11) is -2.67. The highest BCUT2D eigenvalue weighted by Gasteiger charge is 2.26. The first-order chi connectivity index (χ1) is 10.8. The number of nitrogens with zero attached hydrogens (tertiary/aromatic N) is 1. The molecule has 23 heavy (non-hydrogen) atoms. The van der Waals surface area contributed by atoms with Crippen molar-refractivity contribution in [1.29, 1.82) is 0 Å². The molecule has 0 aliphatic rings. The molecule has 128 valence electrons. The number of esters is 1. The minimum Gasteiger partial charge on any atom is -0.452 e. The first-order valence-electron chi connectivity index (χ1n) is 6.95. The Labute approximate surface area is 134 Å². The summed E-state index contributed by atoms with van der Waals surface area (Å²) in [4.78, 5) is 22.3. The number of nitrogens with one attached hydrogen (secondary N) is 1. The SMILES string of the molecule is CCN(CC)S(=O)(=O)c1cc(C(=O)OCC(=O)NC)ccc1F. The van der Waals surface area contributed by atoms with Crippen LogP contribution in [-0.2, 0) is 19.6 Å². The Morgan fingerprint density at radius 3 is 2.39 bits per heavy atom. The van der Waals surface area contributed by atoms with Gasteiger partial charge in [0, 0.05) is 20.1 Å². The normalized spacial score (nSPS) is 11.3. The van der Waals surface area contributed by atoms with Crippen LogP contribution in [0.25, 0.3) is 0 Å². The van der Waals surface area contributed by atoms with Crippen LogP contribution in [0.1, 0.15) is 24.2 Å². The van der Waals surface area contributed by atoms with Gasteiger partial charge in [-0.2, -0.15) is 4.31 Å². The second kappa shape index (κ2) is 8.02. The Morgan fingerprint density at radius 1 is 1.26 bits per heavy atom. The summed E-state index contributed by atoms with van der Waals surface area (Å²) in [5, 5.41) is 2.27. The van der Waals surface area contributed by atoms with Gasteiger partial charge in [0.05, 0.1) is 5.56 Å². The van der Waals surface area contributed by atoms with Crippen molar-refractivity contribution in [2.75, 3.05) is 26.7 Å². The van der Waals surface area contributed by atoms with Crippen molar-refractivity contribution in [2.24, 2.45) is 0 Å². The maximum absolute atomic E-state index is 13.9. The zero-order chi connectivity index (χ0) is 17.6. The van der Waals surface area contributed by atoms with Gasteiger partial charge in [-0.05, 0) is 18.2 Å². The zero-order valence-corrected chi connectivity index (χ0v) is 13.9. The average molecular weight is 346 g/mol. The zero-order valence-electron chi connectivity index (χ0n) is 13.1. The molecule has 7 nitrogen and oxygen atoms in total. The summed E-state index contributed by atoms with van der Waals surface area (Å²) in [6, 6.07) is 2.89. The van der Waals surface area contributed by atoms with E-state index in [9.17, 15) is 22.4 Å². The van der Waals surface area contributed by atoms with Crippen LogP contribution in [-0.4, -0.2) is 51.3 Å². The van der Waals surface area contributed by atoms with E-state index in [4.69, 9.17) is 4.74 Å². The van der Waals surface area contributed by atoms with E-state index in [2.05, 4.69) is 5.32 Å². The molecule has 0 atom stereocenters. The maximum Gasteiger partial charge on any atom is 0.338 e. The number of hydrogen-bond acceptors (Lipinski definition) is 5. The van der Waals surface area contributed by atoms with Crippen LogP contribution in [0.3, 0.4) is 0 Å². The Morgan fingerprint density at radius 2 is 1.87 bits per heavy atom. The topological polar surface area (TPSA) is 92.8 Å². The maximum atomic E-state index is 13.9. The van der Waals surface area contributed by atoms with Gasteiger partial charge in [0.1, 0.15) is 10.7 Å². The monoisotopic (exact) mass is 346 g/mol. The van der Waals surface area contributed by atoms with Crippen LogP contribution in [0, 0.1) is 5.82 Å². The highest BCUT2D eigenvalue weighted by Crippen LogP contribution is 2.21. The van der Waals surface area contributed by atoms with Gasteiger partial charge in [-0.3, -0.25) is 4.79 Å². The van der Waals surface area contributed by atoms with Gasteiger partial charge < -0.3 is 10.1 Å². The number of halogens is 1. The molecule has 0 aliphatic carbocycles. The molecule has 0 aliphatic heterocycles. The van der Waals surface area contributed by atoms with Gasteiger partial charge in [-0.15, -0.1) is 0 Å². The fourth-order valence-corrected chi connectivity index (χ4v) is 3.37. The van der Waals surface area contributed by atoms with Crippen LogP contribution in [0.4, 0.5) is 4.39 Å². The van der Waals surface area contributed by atoms with E-state index in [1.165, 1.54) is 7.05 Å². The van der Waals surface area contributed by atoms with Gasteiger partial charge in [0.25, 0.3) is 5.91 Å². The average Bonchev–Trinajstić information content (AvgIpc) is 2.53. The summed E-state index contributed by atoms with van der Waals surface area (Å²) in [5.74, 6) is -2.39. The second-order valence-electron chi connectivity index (χ2n) is 4.48. The van der Waals surface area contributed by atoms with Gasteiger partial charge in [0.15, 0.2) is 6.61 Å². The number of rotatable bonds is 7. The number of carbonyl (C=O) groups is 2. The molecular formula is C14H19FN2O5S. The quantitative estimate of drug-likeness (QED) is 0.736. The standard InChI is InChI=1S/C14H19FN2O5S/c1-4-17(5-2)23(20,21)12-8-10(6-7-11(12)15)14(19)22-9-13(18)16-3/h6-8H,4-5,9H2,1-3H3,(H,16,18). The summed E-state index contributed by atoms with van der Waals surface area (Å²) in [6.45, 7) is 3.08. The molecule has 1 N–H and O–H groups in total. The van der Waals surface area contributed by atoms with Crippen LogP contribution >= 0.6 is 0 Å². The summed E-state index contributed by atoms with van der Waals surface area (Å²) in [5.41, 5.74) is -0.152. The van der Waals surface area contributed by atoms with Crippen LogP contribution in [0.5, 0.6) is 0 Å². The summed E-state index contributed by atoms with van der Waals surface area (Å²) >= 11 is 0. The number of likely N-dealkylation sites (N-methyl/N-ethyl adjacent to an activating group) is 1. The van der Waals surface area contributed by atoms with Crippen molar-refractivity contribution >= 4 is 21.9 Å². The van der Waals surface area contributed by atoms with E-state index in [-0.39, 0.29) is 18.7 Å². The first kappa shape index (κ1) is 19.0. The predicted octanol–water partition coefficient (Wildman–Crippen LogP) is 0.759. The third kappa shape index (κ3) is 4.49. The lowest BCUT2D eigenvalue weighted by molar-refractivity contribution is -0.123. The number of benzene rings is 1. The minimum atomic E-state index is -4.05. The molecule has 0 saturated carbocycles. The molecule has 0 fully saturated rings. The number of sulfonamides is 1. The molecule has 1 amide bonds. The molecule has 0 heterocycles. The van der Waals surface area contributed by atoms with Gasteiger partial charge in [-0.25, -0.2) is 17.6 Å². The van der Waals surface area contributed by atoms with Crippen LogP contribution < -0.4 is 5.32 Å². The van der Waals surface area contributed by atoms with Crippen molar-refractivity contribution in [1.82, 2.24) is 9.62 Å². The van der Waals surface area contributed by atoms with E-state index in [0.717, 1.165) is 22.5 Å². The fourth-order valence-electron chi connectivity index (χ4n) is 1.82. The van der Waals surface area contributed by atoms with Gasteiger partial charge in [-0.1, -0.05) is 13.8 Å². The van der Waals surface area contributed by atoms with Crippen molar-refractivity contribution in [3.05, 3.63) is 29.6 Å². The Kier molecular flexibility index (Phi) is 6.64. The van der Waals surface area contributed by atoms with Gasteiger partial charge >= 0.3 is 5.97 Å². The number of amides is 1. The lowest BCUT2D eigenvalue weighted by Crippen LogP contribution is -2.31. The van der Waals surface area contributed by atoms with Crippen molar-refractivity contribution in [3.63, 3.8) is 0 Å². The van der Waals surface area contributed by atoms with Crippen molar-refractivity contribution < 1.29 is 27.1 Å². The Balaban J connectivity index is 3.13. The number of ether oxygens (including phenoxy) is 1. The molecule has 1 aromatic rings. The third-order valence-electron chi connectivity index (χ3n) is 3.10. The van der Waals surface area contributed by atoms with E-state index >= 15 is 0 Å². The summed E-state index contributed by atoms with van der Waals surface area (Å²) in [6.07, 6.45) is 0.